The number of aliphatic hydroxyl groups is 4. The van der Waals surface area contributed by atoms with Gasteiger partial charge in [-0.05, 0) is 11.8 Å². The summed E-state index contributed by atoms with van der Waals surface area (Å²) in [6.45, 7) is 7.11. The van der Waals surface area contributed by atoms with Gasteiger partial charge in [-0.3, -0.25) is 0 Å². The Labute approximate surface area is 91.6 Å². The molecular weight excluding hydrogens is 196 g/mol. The molecule has 0 rings (SSSR count). The first kappa shape index (κ1) is 14.8. The third kappa shape index (κ3) is 5.47. The topological polar surface area (TPSA) is 80.9 Å². The number of rotatable bonds is 5. The third-order valence-corrected chi connectivity index (χ3v) is 2.55. The summed E-state index contributed by atoms with van der Waals surface area (Å²) in [5, 5.41) is 37.5. The maximum Gasteiger partial charge on any atom is 0.0850 e. The number of hydrogen-bond acceptors (Lipinski definition) is 4. The lowest BCUT2D eigenvalue weighted by Crippen LogP contribution is -2.41. The third-order valence-electron chi connectivity index (χ3n) is 2.55. The maximum absolute atomic E-state index is 9.73. The van der Waals surface area contributed by atoms with Crippen LogP contribution in [0.1, 0.15) is 34.1 Å². The quantitative estimate of drug-likeness (QED) is 0.531. The van der Waals surface area contributed by atoms with Crippen molar-refractivity contribution < 1.29 is 20.4 Å². The fourth-order valence-electron chi connectivity index (χ4n) is 1.49. The van der Waals surface area contributed by atoms with E-state index in [2.05, 4.69) is 0 Å². The van der Waals surface area contributed by atoms with E-state index < -0.39 is 30.8 Å². The van der Waals surface area contributed by atoms with E-state index in [1.54, 1.807) is 6.92 Å². The van der Waals surface area contributed by atoms with Crippen LogP contribution in [0.5, 0.6) is 0 Å². The minimum Gasteiger partial charge on any atom is -0.394 e. The molecule has 0 spiro atoms. The smallest absolute Gasteiger partial charge is 0.0850 e. The molecule has 0 fully saturated rings. The van der Waals surface area contributed by atoms with E-state index in [0.29, 0.717) is 6.42 Å². The average Bonchev–Trinajstić information content (AvgIpc) is 2.11. The van der Waals surface area contributed by atoms with Crippen LogP contribution >= 0.6 is 0 Å². The number of hydrogen-bond donors (Lipinski definition) is 4. The van der Waals surface area contributed by atoms with E-state index >= 15 is 0 Å². The summed E-state index contributed by atoms with van der Waals surface area (Å²) in [6.07, 6.45) is -2.42. The summed E-state index contributed by atoms with van der Waals surface area (Å²) in [5.41, 5.74) is -0.0791. The van der Waals surface area contributed by atoms with Gasteiger partial charge in [0.15, 0.2) is 0 Å². The summed E-state index contributed by atoms with van der Waals surface area (Å²) >= 11 is 0. The van der Waals surface area contributed by atoms with Crippen molar-refractivity contribution in [1.82, 2.24) is 0 Å². The SMILES string of the molecule is C[C@@H]([C@H](O)[C@H](O)CC(C)(C)C)[C@H](O)CO. The highest BCUT2D eigenvalue weighted by molar-refractivity contribution is 4.81. The lowest BCUT2D eigenvalue weighted by Gasteiger charge is -2.30. The van der Waals surface area contributed by atoms with Crippen molar-refractivity contribution >= 4 is 0 Å². The summed E-state index contributed by atoms with van der Waals surface area (Å²) in [5.74, 6) is -0.535. The van der Waals surface area contributed by atoms with Crippen molar-refractivity contribution in [3.8, 4) is 0 Å². The van der Waals surface area contributed by atoms with Gasteiger partial charge in [-0.1, -0.05) is 27.7 Å². The van der Waals surface area contributed by atoms with Crippen molar-refractivity contribution in [1.29, 1.82) is 0 Å². The molecule has 0 unspecified atom stereocenters. The molecule has 4 heteroatoms. The van der Waals surface area contributed by atoms with Gasteiger partial charge in [-0.2, -0.15) is 0 Å². The molecule has 0 aliphatic rings. The zero-order chi connectivity index (χ0) is 12.2. The first-order chi connectivity index (χ1) is 6.69. The summed E-state index contributed by atoms with van der Waals surface area (Å²) in [4.78, 5) is 0. The zero-order valence-corrected chi connectivity index (χ0v) is 10.0. The highest BCUT2D eigenvalue weighted by Crippen LogP contribution is 2.25. The summed E-state index contributed by atoms with van der Waals surface area (Å²) < 4.78 is 0. The van der Waals surface area contributed by atoms with E-state index in [1.165, 1.54) is 0 Å². The molecule has 4 nitrogen and oxygen atoms in total. The molecule has 0 amide bonds. The Bertz CT molecular complexity index is 176. The van der Waals surface area contributed by atoms with E-state index in [-0.39, 0.29) is 5.41 Å². The molecule has 4 N–H and O–H groups in total. The van der Waals surface area contributed by atoms with Crippen LogP contribution in [0.15, 0.2) is 0 Å². The lowest BCUT2D eigenvalue weighted by atomic mass is 9.84. The molecule has 92 valence electrons. The summed E-state index contributed by atoms with van der Waals surface area (Å²) in [7, 11) is 0. The molecule has 0 aliphatic carbocycles. The Morgan fingerprint density at radius 1 is 1.00 bits per heavy atom. The Balaban J connectivity index is 4.25. The minimum atomic E-state index is -1.01. The van der Waals surface area contributed by atoms with Gasteiger partial charge < -0.3 is 20.4 Å². The molecule has 0 aromatic rings. The van der Waals surface area contributed by atoms with Gasteiger partial charge in [0, 0.05) is 5.92 Å². The van der Waals surface area contributed by atoms with Crippen LogP contribution in [0.4, 0.5) is 0 Å². The monoisotopic (exact) mass is 220 g/mol. The van der Waals surface area contributed by atoms with E-state index in [1.807, 2.05) is 20.8 Å². The Morgan fingerprint density at radius 2 is 1.47 bits per heavy atom. The van der Waals surface area contributed by atoms with Gasteiger partial charge in [0.25, 0.3) is 0 Å². The molecule has 0 aromatic heterocycles. The molecule has 4 atom stereocenters. The standard InChI is InChI=1S/C11H24O4/c1-7(9(14)6-12)10(15)8(13)5-11(2,3)4/h7-10,12-15H,5-6H2,1-4H3/t7-,8-,9-,10+/m1/s1. The minimum absolute atomic E-state index is 0.0791. The van der Waals surface area contributed by atoms with Crippen LogP contribution < -0.4 is 0 Å². The molecule has 0 saturated carbocycles. The summed E-state index contributed by atoms with van der Waals surface area (Å²) in [6, 6.07) is 0. The van der Waals surface area contributed by atoms with Crippen molar-refractivity contribution in [2.45, 2.75) is 52.4 Å². The largest absolute Gasteiger partial charge is 0.394 e. The lowest BCUT2D eigenvalue weighted by molar-refractivity contribution is -0.0737. The van der Waals surface area contributed by atoms with Gasteiger partial charge in [-0.25, -0.2) is 0 Å². The van der Waals surface area contributed by atoms with Crippen molar-refractivity contribution in [2.24, 2.45) is 11.3 Å². The van der Waals surface area contributed by atoms with Crippen LogP contribution in [0.25, 0.3) is 0 Å². The average molecular weight is 220 g/mol. The Kier molecular flexibility index (Phi) is 5.73. The molecule has 15 heavy (non-hydrogen) atoms. The maximum atomic E-state index is 9.73. The molecule has 0 aliphatic heterocycles. The predicted molar refractivity (Wildman–Crippen MR) is 58.3 cm³/mol. The van der Waals surface area contributed by atoms with Gasteiger partial charge in [0.1, 0.15) is 0 Å². The van der Waals surface area contributed by atoms with Crippen LogP contribution in [0, 0.1) is 11.3 Å². The Morgan fingerprint density at radius 3 is 1.80 bits per heavy atom. The fraction of sp³-hybridized carbons (Fsp3) is 1.00. The number of aliphatic hydroxyl groups excluding tert-OH is 4. The zero-order valence-electron chi connectivity index (χ0n) is 10.0. The van der Waals surface area contributed by atoms with Crippen molar-refractivity contribution in [2.75, 3.05) is 6.61 Å². The highest BCUT2D eigenvalue weighted by atomic mass is 16.3. The van der Waals surface area contributed by atoms with E-state index in [4.69, 9.17) is 5.11 Å². The normalized spacial score (nSPS) is 20.8. The molecule has 0 radical (unpaired) electrons. The second-order valence-corrected chi connectivity index (χ2v) is 5.43. The van der Waals surface area contributed by atoms with Gasteiger partial charge in [0.2, 0.25) is 0 Å². The van der Waals surface area contributed by atoms with Crippen molar-refractivity contribution in [3.05, 3.63) is 0 Å². The van der Waals surface area contributed by atoms with Gasteiger partial charge in [0.05, 0.1) is 24.9 Å². The molecule has 0 aromatic carbocycles. The van der Waals surface area contributed by atoms with Crippen molar-refractivity contribution in [3.63, 3.8) is 0 Å². The molecule has 0 bridgehead atoms. The molecule has 0 heterocycles. The first-order valence-electron chi connectivity index (χ1n) is 5.34. The van der Waals surface area contributed by atoms with E-state index in [9.17, 15) is 15.3 Å². The van der Waals surface area contributed by atoms with Crippen LogP contribution in [0.3, 0.4) is 0 Å². The van der Waals surface area contributed by atoms with Gasteiger partial charge >= 0.3 is 0 Å². The molecule has 0 saturated heterocycles. The second kappa shape index (κ2) is 5.80. The van der Waals surface area contributed by atoms with Crippen LogP contribution in [-0.2, 0) is 0 Å². The highest BCUT2D eigenvalue weighted by Gasteiger charge is 2.30. The predicted octanol–water partition coefficient (Wildman–Crippen LogP) is 0.134. The second-order valence-electron chi connectivity index (χ2n) is 5.43. The van der Waals surface area contributed by atoms with Gasteiger partial charge in [-0.15, -0.1) is 0 Å². The van der Waals surface area contributed by atoms with E-state index in [0.717, 1.165) is 0 Å². The Hall–Kier alpha value is -0.160. The first-order valence-corrected chi connectivity index (χ1v) is 5.34. The van der Waals surface area contributed by atoms with Crippen LogP contribution in [-0.4, -0.2) is 45.3 Å². The fourth-order valence-corrected chi connectivity index (χ4v) is 1.49. The molecular formula is C11H24O4. The van der Waals surface area contributed by atoms with Crippen LogP contribution in [0.2, 0.25) is 0 Å².